The number of benzene rings is 1. The van der Waals surface area contributed by atoms with Crippen molar-refractivity contribution in [3.8, 4) is 5.75 Å². The molecule has 1 aromatic heterocycles. The Morgan fingerprint density at radius 2 is 2.24 bits per heavy atom. The summed E-state index contributed by atoms with van der Waals surface area (Å²) in [5, 5.41) is 4.44. The van der Waals surface area contributed by atoms with E-state index in [4.69, 9.17) is 10.5 Å². The minimum Gasteiger partial charge on any atom is -0.487 e. The fourth-order valence-electron chi connectivity index (χ4n) is 2.94. The second-order valence-corrected chi connectivity index (χ2v) is 5.75. The third kappa shape index (κ3) is 2.95. The molecule has 0 saturated heterocycles. The lowest BCUT2D eigenvalue weighted by Crippen LogP contribution is -2.17. The molecule has 1 aromatic carbocycles. The summed E-state index contributed by atoms with van der Waals surface area (Å²) in [5.74, 6) is 0.894. The van der Waals surface area contributed by atoms with Crippen molar-refractivity contribution in [3.63, 3.8) is 0 Å². The molecule has 4 heteroatoms. The minimum absolute atomic E-state index is 0.153. The minimum atomic E-state index is 0.153. The van der Waals surface area contributed by atoms with E-state index in [1.54, 1.807) is 0 Å². The molecule has 2 N–H and O–H groups in total. The molecule has 21 heavy (non-hydrogen) atoms. The van der Waals surface area contributed by atoms with E-state index in [2.05, 4.69) is 30.2 Å². The van der Waals surface area contributed by atoms with Crippen LogP contribution in [0.1, 0.15) is 48.3 Å². The predicted molar refractivity (Wildman–Crippen MR) is 83.2 cm³/mol. The lowest BCUT2D eigenvalue weighted by molar-refractivity contribution is 0.294. The van der Waals surface area contributed by atoms with Gasteiger partial charge in [0.15, 0.2) is 0 Å². The molecule has 4 nitrogen and oxygen atoms in total. The summed E-state index contributed by atoms with van der Waals surface area (Å²) in [4.78, 5) is 0. The van der Waals surface area contributed by atoms with Crippen LogP contribution < -0.4 is 10.5 Å². The van der Waals surface area contributed by atoms with Crippen LogP contribution in [0.25, 0.3) is 0 Å². The molecule has 1 aliphatic carbocycles. The van der Waals surface area contributed by atoms with E-state index in [-0.39, 0.29) is 6.04 Å². The molecule has 1 aliphatic rings. The van der Waals surface area contributed by atoms with Crippen molar-refractivity contribution in [1.82, 2.24) is 9.78 Å². The molecule has 112 valence electrons. The maximum Gasteiger partial charge on any atom is 0.130 e. The molecule has 1 atom stereocenters. The number of rotatable bonds is 4. The zero-order valence-corrected chi connectivity index (χ0v) is 12.8. The largest absolute Gasteiger partial charge is 0.487 e. The number of nitrogens with two attached hydrogens (primary N) is 1. The first kappa shape index (κ1) is 14.1. The van der Waals surface area contributed by atoms with Gasteiger partial charge in [0.25, 0.3) is 0 Å². The first-order valence-electron chi connectivity index (χ1n) is 7.70. The maximum atomic E-state index is 6.20. The Kier molecular flexibility index (Phi) is 3.97. The standard InChI is InChI=1S/C17H23N3O/c1-3-13-9-14(20(2)19-13)11-21-15-8-7-12-5-4-6-17(18)16(12)10-15/h7-10,17H,3-6,11,18H2,1-2H3/t17-/m0/s1. The van der Waals surface area contributed by atoms with E-state index in [1.165, 1.54) is 17.5 Å². The van der Waals surface area contributed by atoms with Crippen LogP contribution in [-0.2, 0) is 26.5 Å². The molecular formula is C17H23N3O. The topological polar surface area (TPSA) is 53.1 Å². The molecule has 0 radical (unpaired) electrons. The number of fused-ring (bicyclic) bond motifs is 1. The zero-order chi connectivity index (χ0) is 14.8. The molecule has 0 spiro atoms. The summed E-state index contributed by atoms with van der Waals surface area (Å²) >= 11 is 0. The van der Waals surface area contributed by atoms with Crippen molar-refractivity contribution in [2.45, 2.75) is 45.3 Å². The maximum absolute atomic E-state index is 6.20. The van der Waals surface area contributed by atoms with Crippen molar-refractivity contribution < 1.29 is 4.74 Å². The van der Waals surface area contributed by atoms with Crippen LogP contribution in [0.15, 0.2) is 24.3 Å². The Morgan fingerprint density at radius 1 is 1.38 bits per heavy atom. The second kappa shape index (κ2) is 5.90. The van der Waals surface area contributed by atoms with Crippen LogP contribution in [0.5, 0.6) is 5.75 Å². The summed E-state index contributed by atoms with van der Waals surface area (Å²) in [7, 11) is 1.96. The molecule has 0 fully saturated rings. The summed E-state index contributed by atoms with van der Waals surface area (Å²) in [5.41, 5.74) is 11.0. The van der Waals surface area contributed by atoms with Gasteiger partial charge < -0.3 is 10.5 Å². The average molecular weight is 285 g/mol. The van der Waals surface area contributed by atoms with Crippen LogP contribution in [0.4, 0.5) is 0 Å². The Labute approximate surface area is 125 Å². The van der Waals surface area contributed by atoms with Crippen LogP contribution >= 0.6 is 0 Å². The van der Waals surface area contributed by atoms with Crippen LogP contribution in [0.3, 0.4) is 0 Å². The highest BCUT2D eigenvalue weighted by molar-refractivity contribution is 5.39. The number of aromatic nitrogens is 2. The summed E-state index contributed by atoms with van der Waals surface area (Å²) < 4.78 is 7.82. The Balaban J connectivity index is 1.73. The van der Waals surface area contributed by atoms with Gasteiger partial charge in [0.1, 0.15) is 12.4 Å². The van der Waals surface area contributed by atoms with E-state index < -0.39 is 0 Å². The Morgan fingerprint density at radius 3 is 3.00 bits per heavy atom. The smallest absolute Gasteiger partial charge is 0.130 e. The van der Waals surface area contributed by atoms with Gasteiger partial charge in [-0.1, -0.05) is 13.0 Å². The molecule has 3 rings (SSSR count). The van der Waals surface area contributed by atoms with Crippen molar-refractivity contribution in [2.75, 3.05) is 0 Å². The quantitative estimate of drug-likeness (QED) is 0.939. The fourth-order valence-corrected chi connectivity index (χ4v) is 2.94. The van der Waals surface area contributed by atoms with E-state index in [9.17, 15) is 0 Å². The van der Waals surface area contributed by atoms with Crippen molar-refractivity contribution >= 4 is 0 Å². The van der Waals surface area contributed by atoms with Gasteiger partial charge in [-0.2, -0.15) is 5.10 Å². The lowest BCUT2D eigenvalue weighted by atomic mass is 9.88. The van der Waals surface area contributed by atoms with Gasteiger partial charge in [-0.05, 0) is 55.0 Å². The SMILES string of the molecule is CCc1cc(COc2ccc3c(c2)[C@@H](N)CCC3)n(C)n1. The van der Waals surface area contributed by atoms with Gasteiger partial charge in [0.2, 0.25) is 0 Å². The molecule has 0 aliphatic heterocycles. The van der Waals surface area contributed by atoms with Gasteiger partial charge in [-0.15, -0.1) is 0 Å². The normalized spacial score (nSPS) is 17.6. The van der Waals surface area contributed by atoms with E-state index in [1.807, 2.05) is 17.8 Å². The molecule has 1 heterocycles. The molecule has 0 saturated carbocycles. The number of hydrogen-bond acceptors (Lipinski definition) is 3. The van der Waals surface area contributed by atoms with Crippen molar-refractivity contribution in [3.05, 3.63) is 46.8 Å². The number of nitrogens with zero attached hydrogens (tertiary/aromatic N) is 2. The van der Waals surface area contributed by atoms with Crippen molar-refractivity contribution in [2.24, 2.45) is 12.8 Å². The van der Waals surface area contributed by atoms with E-state index >= 15 is 0 Å². The summed E-state index contributed by atoms with van der Waals surface area (Å²) in [6.45, 7) is 2.65. The Bertz CT molecular complexity index is 633. The number of hydrogen-bond donors (Lipinski definition) is 1. The van der Waals surface area contributed by atoms with Gasteiger partial charge in [-0.3, -0.25) is 4.68 Å². The second-order valence-electron chi connectivity index (χ2n) is 5.75. The average Bonchev–Trinajstić information content (AvgIpc) is 2.86. The highest BCUT2D eigenvalue weighted by atomic mass is 16.5. The first-order valence-corrected chi connectivity index (χ1v) is 7.70. The fraction of sp³-hybridized carbons (Fsp3) is 0.471. The number of aryl methyl sites for hydroxylation is 3. The third-order valence-electron chi connectivity index (χ3n) is 4.25. The molecule has 0 amide bonds. The highest BCUT2D eigenvalue weighted by Crippen LogP contribution is 2.31. The van der Waals surface area contributed by atoms with Gasteiger partial charge in [0, 0.05) is 13.1 Å². The lowest BCUT2D eigenvalue weighted by Gasteiger charge is -2.22. The number of ether oxygens (including phenoxy) is 1. The Hall–Kier alpha value is -1.81. The zero-order valence-electron chi connectivity index (χ0n) is 12.8. The van der Waals surface area contributed by atoms with Gasteiger partial charge >= 0.3 is 0 Å². The highest BCUT2D eigenvalue weighted by Gasteiger charge is 2.17. The van der Waals surface area contributed by atoms with E-state index in [0.29, 0.717) is 6.61 Å². The molecule has 0 bridgehead atoms. The van der Waals surface area contributed by atoms with Crippen LogP contribution in [-0.4, -0.2) is 9.78 Å². The summed E-state index contributed by atoms with van der Waals surface area (Å²) in [6, 6.07) is 8.57. The first-order chi connectivity index (χ1) is 10.2. The molecule has 2 aromatic rings. The monoisotopic (exact) mass is 285 g/mol. The third-order valence-corrected chi connectivity index (χ3v) is 4.25. The predicted octanol–water partition coefficient (Wildman–Crippen LogP) is 2.90. The summed E-state index contributed by atoms with van der Waals surface area (Å²) in [6.07, 6.45) is 4.33. The molecular weight excluding hydrogens is 262 g/mol. The van der Waals surface area contributed by atoms with Crippen molar-refractivity contribution in [1.29, 1.82) is 0 Å². The van der Waals surface area contributed by atoms with Gasteiger partial charge in [-0.25, -0.2) is 0 Å². The van der Waals surface area contributed by atoms with Crippen LogP contribution in [0, 0.1) is 0 Å². The van der Waals surface area contributed by atoms with Crippen LogP contribution in [0.2, 0.25) is 0 Å². The van der Waals surface area contributed by atoms with Gasteiger partial charge in [0.05, 0.1) is 11.4 Å². The molecule has 0 unspecified atom stereocenters. The van der Waals surface area contributed by atoms with E-state index in [0.717, 1.165) is 36.4 Å².